The molecule has 4 aromatic carbocycles. The smallest absolute Gasteiger partial charge is 0.142 e. The van der Waals surface area contributed by atoms with Crippen LogP contribution < -0.4 is 0 Å². The fraction of sp³-hybridized carbons (Fsp3) is 0.114. The maximum Gasteiger partial charge on any atom is 0.142 e. The molecular weight excluding hydrogens is 450 g/mol. The molecule has 6 rings (SSSR count). The van der Waals surface area contributed by atoms with Gasteiger partial charge in [0.05, 0.1) is 5.70 Å². The number of rotatable bonds is 5. The van der Waals surface area contributed by atoms with Gasteiger partial charge in [0.25, 0.3) is 0 Å². The molecule has 1 aliphatic carbocycles. The van der Waals surface area contributed by atoms with Crippen LogP contribution in [0.3, 0.4) is 0 Å². The summed E-state index contributed by atoms with van der Waals surface area (Å²) in [5.74, 6) is 1.84. The number of hydrogen-bond donors (Lipinski definition) is 0. The summed E-state index contributed by atoms with van der Waals surface area (Å²) >= 11 is 0. The van der Waals surface area contributed by atoms with Crippen molar-refractivity contribution in [2.24, 2.45) is 4.99 Å². The largest absolute Gasteiger partial charge is 0.455 e. The molecule has 0 spiro atoms. The Morgan fingerprint density at radius 1 is 0.676 bits per heavy atom. The van der Waals surface area contributed by atoms with Crippen LogP contribution in [0.5, 0.6) is 0 Å². The van der Waals surface area contributed by atoms with Crippen molar-refractivity contribution < 1.29 is 4.42 Å². The Labute approximate surface area is 218 Å². The second kappa shape index (κ2) is 8.90. The third-order valence-electron chi connectivity index (χ3n) is 7.39. The average Bonchev–Trinajstić information content (AvgIpc) is 3.45. The van der Waals surface area contributed by atoms with Crippen LogP contribution in [0, 0.1) is 0 Å². The zero-order valence-corrected chi connectivity index (χ0v) is 21.5. The fourth-order valence-corrected chi connectivity index (χ4v) is 5.59. The summed E-state index contributed by atoms with van der Waals surface area (Å²) in [5.41, 5.74) is 10.6. The van der Waals surface area contributed by atoms with Crippen molar-refractivity contribution >= 4 is 11.4 Å². The summed E-state index contributed by atoms with van der Waals surface area (Å²) in [7, 11) is 0. The lowest BCUT2D eigenvalue weighted by Gasteiger charge is -2.22. The molecule has 0 saturated carbocycles. The van der Waals surface area contributed by atoms with E-state index in [1.165, 1.54) is 22.3 Å². The van der Waals surface area contributed by atoms with Crippen molar-refractivity contribution in [2.45, 2.75) is 26.2 Å². The minimum atomic E-state index is -0.237. The molecule has 1 aliphatic rings. The molecular formula is C35H29NO. The van der Waals surface area contributed by atoms with Crippen LogP contribution >= 0.6 is 0 Å². The molecule has 37 heavy (non-hydrogen) atoms. The molecule has 0 amide bonds. The predicted molar refractivity (Wildman–Crippen MR) is 155 cm³/mol. The van der Waals surface area contributed by atoms with Gasteiger partial charge in [-0.1, -0.05) is 130 Å². The number of hydrogen-bond acceptors (Lipinski definition) is 2. The number of fused-ring (bicyclic) bond motifs is 3. The topological polar surface area (TPSA) is 25.5 Å². The molecule has 1 aromatic heterocycles. The lowest BCUT2D eigenvalue weighted by molar-refractivity contribution is 0.575. The quantitative estimate of drug-likeness (QED) is 0.231. The van der Waals surface area contributed by atoms with Gasteiger partial charge >= 0.3 is 0 Å². The van der Waals surface area contributed by atoms with E-state index in [0.717, 1.165) is 45.2 Å². The van der Waals surface area contributed by atoms with E-state index >= 15 is 0 Å². The van der Waals surface area contributed by atoms with Gasteiger partial charge in [0, 0.05) is 38.9 Å². The van der Waals surface area contributed by atoms with Gasteiger partial charge in [-0.05, 0) is 23.6 Å². The first-order valence-electron chi connectivity index (χ1n) is 12.7. The Balaban J connectivity index is 1.62. The molecule has 0 radical (unpaired) electrons. The summed E-state index contributed by atoms with van der Waals surface area (Å²) in [6, 6.07) is 37.6. The summed E-state index contributed by atoms with van der Waals surface area (Å²) in [5, 5.41) is 0. The maximum absolute atomic E-state index is 6.78. The van der Waals surface area contributed by atoms with Gasteiger partial charge in [-0.2, -0.15) is 0 Å². The van der Waals surface area contributed by atoms with Crippen LogP contribution in [0.15, 0.2) is 125 Å². The van der Waals surface area contributed by atoms with Gasteiger partial charge in [-0.25, -0.2) is 0 Å². The molecule has 0 fully saturated rings. The third-order valence-corrected chi connectivity index (χ3v) is 7.39. The lowest BCUT2D eigenvalue weighted by atomic mass is 9.81. The molecule has 0 bridgehead atoms. The van der Waals surface area contributed by atoms with Crippen molar-refractivity contribution in [1.82, 2.24) is 0 Å². The lowest BCUT2D eigenvalue weighted by Crippen LogP contribution is -2.16. The van der Waals surface area contributed by atoms with E-state index in [0.29, 0.717) is 0 Å². The highest BCUT2D eigenvalue weighted by atomic mass is 16.3. The highest BCUT2D eigenvalue weighted by molar-refractivity contribution is 6.10. The summed E-state index contributed by atoms with van der Waals surface area (Å²) < 4.78 is 6.78. The molecule has 0 N–H and O–H groups in total. The van der Waals surface area contributed by atoms with E-state index in [4.69, 9.17) is 9.41 Å². The SMILES string of the molecule is C=C(N=C(C)c1cccc2c1-c1c(-c3ccccc3)oc(-c3ccccc3)c1C2(C)C)c1ccccc1. The van der Waals surface area contributed by atoms with Crippen LogP contribution in [-0.4, -0.2) is 5.71 Å². The summed E-state index contributed by atoms with van der Waals surface area (Å²) in [4.78, 5) is 4.97. The van der Waals surface area contributed by atoms with E-state index in [1.54, 1.807) is 0 Å². The number of aliphatic imine (C=N–C) groups is 1. The fourth-order valence-electron chi connectivity index (χ4n) is 5.59. The minimum Gasteiger partial charge on any atom is -0.455 e. The summed E-state index contributed by atoms with van der Waals surface area (Å²) in [6.07, 6.45) is 0. The molecule has 5 aromatic rings. The van der Waals surface area contributed by atoms with Gasteiger partial charge in [0.15, 0.2) is 0 Å². The average molecular weight is 480 g/mol. The predicted octanol–water partition coefficient (Wildman–Crippen LogP) is 9.40. The molecule has 180 valence electrons. The summed E-state index contributed by atoms with van der Waals surface area (Å²) in [6.45, 7) is 10.9. The number of nitrogens with zero attached hydrogens (tertiary/aromatic N) is 1. The normalized spacial score (nSPS) is 13.8. The van der Waals surface area contributed by atoms with Crippen LogP contribution in [-0.2, 0) is 5.41 Å². The second-order valence-electron chi connectivity index (χ2n) is 10.1. The minimum absolute atomic E-state index is 0.237. The van der Waals surface area contributed by atoms with Crippen LogP contribution in [0.1, 0.15) is 43.0 Å². The van der Waals surface area contributed by atoms with Crippen LogP contribution in [0.2, 0.25) is 0 Å². The van der Waals surface area contributed by atoms with Crippen LogP contribution in [0.25, 0.3) is 39.5 Å². The molecule has 2 heteroatoms. The van der Waals surface area contributed by atoms with Crippen molar-refractivity contribution in [3.63, 3.8) is 0 Å². The van der Waals surface area contributed by atoms with E-state index < -0.39 is 0 Å². The zero-order valence-electron chi connectivity index (χ0n) is 21.5. The number of furan rings is 1. The highest BCUT2D eigenvalue weighted by Gasteiger charge is 2.43. The zero-order chi connectivity index (χ0) is 25.6. The van der Waals surface area contributed by atoms with Crippen LogP contribution in [0.4, 0.5) is 0 Å². The highest BCUT2D eigenvalue weighted by Crippen LogP contribution is 2.58. The molecule has 0 saturated heterocycles. The molecule has 0 atom stereocenters. The van der Waals surface area contributed by atoms with E-state index in [-0.39, 0.29) is 5.41 Å². The first kappa shape index (κ1) is 23.0. The monoisotopic (exact) mass is 479 g/mol. The Hall–Kier alpha value is -4.43. The van der Waals surface area contributed by atoms with Crippen molar-refractivity contribution in [3.8, 4) is 33.8 Å². The molecule has 2 nitrogen and oxygen atoms in total. The van der Waals surface area contributed by atoms with Gasteiger partial charge < -0.3 is 4.42 Å². The van der Waals surface area contributed by atoms with Crippen molar-refractivity contribution in [3.05, 3.63) is 138 Å². The molecule has 1 heterocycles. The Kier molecular flexibility index (Phi) is 5.53. The first-order valence-corrected chi connectivity index (χ1v) is 12.7. The third kappa shape index (κ3) is 3.77. The van der Waals surface area contributed by atoms with Gasteiger partial charge in [0.1, 0.15) is 11.5 Å². The Morgan fingerprint density at radius 2 is 1.24 bits per heavy atom. The van der Waals surface area contributed by atoms with E-state index in [9.17, 15) is 0 Å². The van der Waals surface area contributed by atoms with Gasteiger partial charge in [-0.3, -0.25) is 4.99 Å². The maximum atomic E-state index is 6.78. The molecule has 0 aliphatic heterocycles. The van der Waals surface area contributed by atoms with E-state index in [2.05, 4.69) is 94.1 Å². The standard InChI is InChI=1S/C35H29NO/c1-23(25-15-8-5-9-16-25)36-24(2)28-21-14-22-29-30(28)31-32(35(29,3)4)34(27-19-12-7-13-20-27)37-33(31)26-17-10-6-11-18-26/h5-22H,1H2,2-4H3. The Bertz CT molecular complexity index is 1640. The molecule has 0 unspecified atom stereocenters. The van der Waals surface area contributed by atoms with Crippen molar-refractivity contribution in [2.75, 3.05) is 0 Å². The first-order chi connectivity index (χ1) is 18.0. The van der Waals surface area contributed by atoms with E-state index in [1.807, 2.05) is 42.5 Å². The van der Waals surface area contributed by atoms with Crippen molar-refractivity contribution in [1.29, 1.82) is 0 Å². The van der Waals surface area contributed by atoms with Gasteiger partial charge in [-0.15, -0.1) is 0 Å². The van der Waals surface area contributed by atoms with Gasteiger partial charge in [0.2, 0.25) is 0 Å². The second-order valence-corrected chi connectivity index (χ2v) is 10.1. The Morgan fingerprint density at radius 3 is 1.86 bits per heavy atom. The number of benzene rings is 4.